The molecule has 0 spiro atoms. The number of rotatable bonds is 1. The first-order valence-corrected chi connectivity index (χ1v) is 5.27. The topological polar surface area (TPSA) is 31.6 Å². The summed E-state index contributed by atoms with van der Waals surface area (Å²) in [5.41, 5.74) is 3.42. The first kappa shape index (κ1) is 10.1. The first-order valence-electron chi connectivity index (χ1n) is 5.27. The maximum atomic E-state index is 13.2. The SMILES string of the molecule is Cc1cc[nH]c1-c1c[nH]c2cc(F)c(F)cc12. The number of aryl methyl sites for hydroxylation is 1. The van der Waals surface area contributed by atoms with Gasteiger partial charge in [0, 0.05) is 34.9 Å². The van der Waals surface area contributed by atoms with Crippen LogP contribution in [0.15, 0.2) is 30.6 Å². The summed E-state index contributed by atoms with van der Waals surface area (Å²) >= 11 is 0. The van der Waals surface area contributed by atoms with Gasteiger partial charge in [-0.1, -0.05) is 0 Å². The molecule has 0 aliphatic heterocycles. The first-order chi connectivity index (χ1) is 8.16. The van der Waals surface area contributed by atoms with E-state index < -0.39 is 11.6 Å². The molecule has 0 radical (unpaired) electrons. The molecule has 0 aliphatic carbocycles. The van der Waals surface area contributed by atoms with Gasteiger partial charge in [0.1, 0.15) is 0 Å². The second-order valence-electron chi connectivity index (χ2n) is 4.05. The number of fused-ring (bicyclic) bond motifs is 1. The molecule has 2 aromatic heterocycles. The van der Waals surface area contributed by atoms with Crippen molar-refractivity contribution in [3.8, 4) is 11.3 Å². The van der Waals surface area contributed by atoms with E-state index in [1.165, 1.54) is 12.1 Å². The lowest BCUT2D eigenvalue weighted by Crippen LogP contribution is -1.84. The highest BCUT2D eigenvalue weighted by molar-refractivity contribution is 5.95. The van der Waals surface area contributed by atoms with Gasteiger partial charge in [0.15, 0.2) is 11.6 Å². The molecule has 2 nitrogen and oxygen atoms in total. The number of aromatic amines is 2. The van der Waals surface area contributed by atoms with E-state index in [4.69, 9.17) is 0 Å². The van der Waals surface area contributed by atoms with Gasteiger partial charge in [0.05, 0.1) is 5.69 Å². The van der Waals surface area contributed by atoms with E-state index in [0.29, 0.717) is 10.9 Å². The number of benzene rings is 1. The van der Waals surface area contributed by atoms with Crippen LogP contribution < -0.4 is 0 Å². The van der Waals surface area contributed by atoms with E-state index in [0.717, 1.165) is 16.8 Å². The van der Waals surface area contributed by atoms with Crippen molar-refractivity contribution in [2.75, 3.05) is 0 Å². The molecule has 2 heterocycles. The highest BCUT2D eigenvalue weighted by Gasteiger charge is 2.12. The Morgan fingerprint density at radius 2 is 1.82 bits per heavy atom. The summed E-state index contributed by atoms with van der Waals surface area (Å²) in [5.74, 6) is -1.67. The van der Waals surface area contributed by atoms with Crippen LogP contribution in [0.4, 0.5) is 8.78 Å². The van der Waals surface area contributed by atoms with Crippen molar-refractivity contribution in [2.45, 2.75) is 6.92 Å². The van der Waals surface area contributed by atoms with Gasteiger partial charge in [-0.05, 0) is 24.6 Å². The monoisotopic (exact) mass is 232 g/mol. The van der Waals surface area contributed by atoms with E-state index in [1.807, 2.05) is 19.2 Å². The number of hydrogen-bond acceptors (Lipinski definition) is 0. The number of aromatic nitrogens is 2. The fraction of sp³-hybridized carbons (Fsp3) is 0.0769. The lowest BCUT2D eigenvalue weighted by Gasteiger charge is -1.99. The molecule has 0 fully saturated rings. The third kappa shape index (κ3) is 1.45. The van der Waals surface area contributed by atoms with Gasteiger partial charge in [-0.2, -0.15) is 0 Å². The Labute approximate surface area is 96.3 Å². The maximum absolute atomic E-state index is 13.2. The van der Waals surface area contributed by atoms with Gasteiger partial charge < -0.3 is 9.97 Å². The molecule has 4 heteroatoms. The van der Waals surface area contributed by atoms with Crippen LogP contribution in [0.25, 0.3) is 22.2 Å². The lowest BCUT2D eigenvalue weighted by atomic mass is 10.1. The molecule has 86 valence electrons. The van der Waals surface area contributed by atoms with Crippen molar-refractivity contribution in [3.05, 3.63) is 47.8 Å². The molecule has 0 saturated heterocycles. The third-order valence-electron chi connectivity index (χ3n) is 2.95. The van der Waals surface area contributed by atoms with Gasteiger partial charge in [-0.3, -0.25) is 0 Å². The Balaban J connectivity index is 2.32. The quantitative estimate of drug-likeness (QED) is 0.640. The van der Waals surface area contributed by atoms with Crippen molar-refractivity contribution in [3.63, 3.8) is 0 Å². The molecule has 1 aromatic carbocycles. The molecule has 3 rings (SSSR count). The molecule has 0 unspecified atom stereocenters. The predicted molar refractivity (Wildman–Crippen MR) is 62.7 cm³/mol. The summed E-state index contributed by atoms with van der Waals surface area (Å²) < 4.78 is 26.3. The van der Waals surface area contributed by atoms with Crippen LogP contribution in [0.2, 0.25) is 0 Å². The van der Waals surface area contributed by atoms with Gasteiger partial charge in [0.25, 0.3) is 0 Å². The predicted octanol–water partition coefficient (Wildman–Crippen LogP) is 3.75. The van der Waals surface area contributed by atoms with Crippen LogP contribution in [0.5, 0.6) is 0 Å². The van der Waals surface area contributed by atoms with E-state index >= 15 is 0 Å². The molecular weight excluding hydrogens is 222 g/mol. The smallest absolute Gasteiger partial charge is 0.160 e. The molecule has 17 heavy (non-hydrogen) atoms. The van der Waals surface area contributed by atoms with Crippen LogP contribution in [0, 0.1) is 18.6 Å². The second-order valence-corrected chi connectivity index (χ2v) is 4.05. The molecule has 3 aromatic rings. The Hall–Kier alpha value is -2.10. The normalized spacial score (nSPS) is 11.2. The van der Waals surface area contributed by atoms with Crippen LogP contribution in [-0.2, 0) is 0 Å². The zero-order valence-electron chi connectivity index (χ0n) is 9.14. The standard InChI is InChI=1S/C13H10F2N2/c1-7-2-3-16-13(7)9-6-17-12-5-11(15)10(14)4-8(9)12/h2-6,16-17H,1H3. The fourth-order valence-corrected chi connectivity index (χ4v) is 2.06. The summed E-state index contributed by atoms with van der Waals surface area (Å²) in [5, 5.41) is 0.675. The van der Waals surface area contributed by atoms with Crippen LogP contribution in [0.1, 0.15) is 5.56 Å². The van der Waals surface area contributed by atoms with E-state index in [1.54, 1.807) is 6.20 Å². The van der Waals surface area contributed by atoms with E-state index in [9.17, 15) is 8.78 Å². The fourth-order valence-electron chi connectivity index (χ4n) is 2.06. The van der Waals surface area contributed by atoms with Crippen molar-refractivity contribution in [1.29, 1.82) is 0 Å². The summed E-state index contributed by atoms with van der Waals surface area (Å²) in [6.07, 6.45) is 3.58. The van der Waals surface area contributed by atoms with Crippen LogP contribution in [0.3, 0.4) is 0 Å². The molecule has 0 atom stereocenters. The zero-order chi connectivity index (χ0) is 12.0. The molecule has 2 N–H and O–H groups in total. The summed E-state index contributed by atoms with van der Waals surface area (Å²) in [6, 6.07) is 4.33. The average molecular weight is 232 g/mol. The highest BCUT2D eigenvalue weighted by Crippen LogP contribution is 2.30. The minimum absolute atomic E-state index is 0.591. The Bertz CT molecular complexity index is 695. The summed E-state index contributed by atoms with van der Waals surface area (Å²) in [7, 11) is 0. The Morgan fingerprint density at radius 3 is 2.53 bits per heavy atom. The lowest BCUT2D eigenvalue weighted by molar-refractivity contribution is 0.511. The van der Waals surface area contributed by atoms with E-state index in [2.05, 4.69) is 9.97 Å². The van der Waals surface area contributed by atoms with Crippen LogP contribution in [-0.4, -0.2) is 9.97 Å². The number of hydrogen-bond donors (Lipinski definition) is 2. The molecule has 0 saturated carbocycles. The minimum atomic E-state index is -0.839. The van der Waals surface area contributed by atoms with Gasteiger partial charge >= 0.3 is 0 Å². The number of nitrogens with one attached hydrogen (secondary N) is 2. The minimum Gasteiger partial charge on any atom is -0.361 e. The highest BCUT2D eigenvalue weighted by atomic mass is 19.2. The molecule has 0 aliphatic rings. The summed E-state index contributed by atoms with van der Waals surface area (Å²) in [4.78, 5) is 6.04. The van der Waals surface area contributed by atoms with Gasteiger partial charge in [0.2, 0.25) is 0 Å². The molecule has 0 bridgehead atoms. The maximum Gasteiger partial charge on any atom is 0.160 e. The largest absolute Gasteiger partial charge is 0.361 e. The Kier molecular flexibility index (Phi) is 2.04. The van der Waals surface area contributed by atoms with Gasteiger partial charge in [-0.25, -0.2) is 8.78 Å². The zero-order valence-corrected chi connectivity index (χ0v) is 9.14. The van der Waals surface area contributed by atoms with Crippen molar-refractivity contribution < 1.29 is 8.78 Å². The van der Waals surface area contributed by atoms with Crippen LogP contribution >= 0.6 is 0 Å². The molecule has 0 amide bonds. The number of H-pyrrole nitrogens is 2. The van der Waals surface area contributed by atoms with Gasteiger partial charge in [-0.15, -0.1) is 0 Å². The summed E-state index contributed by atoms with van der Waals surface area (Å²) in [6.45, 7) is 1.96. The average Bonchev–Trinajstić information content (AvgIpc) is 2.86. The molecular formula is C13H10F2N2. The van der Waals surface area contributed by atoms with Crippen molar-refractivity contribution in [2.24, 2.45) is 0 Å². The Morgan fingerprint density at radius 1 is 1.06 bits per heavy atom. The van der Waals surface area contributed by atoms with Crippen molar-refractivity contribution in [1.82, 2.24) is 9.97 Å². The van der Waals surface area contributed by atoms with E-state index in [-0.39, 0.29) is 0 Å². The number of halogens is 2. The second kappa shape index (κ2) is 3.45. The third-order valence-corrected chi connectivity index (χ3v) is 2.95. The van der Waals surface area contributed by atoms with Crippen molar-refractivity contribution >= 4 is 10.9 Å².